The Morgan fingerprint density at radius 3 is 2.42 bits per heavy atom. The highest BCUT2D eigenvalue weighted by Gasteiger charge is 2.24. The van der Waals surface area contributed by atoms with Crippen molar-refractivity contribution in [3.63, 3.8) is 0 Å². The van der Waals surface area contributed by atoms with Crippen LogP contribution in [0.5, 0.6) is 0 Å². The molecule has 0 aliphatic heterocycles. The SMILES string of the molecule is CCN(CC)CCN(C(=O)CCS(=O)(=O)c1ccc(F)cc1)c1nc2c(SC)cccc2s1. The highest BCUT2D eigenvalue weighted by molar-refractivity contribution is 7.98. The van der Waals surface area contributed by atoms with Gasteiger partial charge in [-0.1, -0.05) is 31.3 Å². The summed E-state index contributed by atoms with van der Waals surface area (Å²) in [6.45, 7) is 6.92. The third-order valence-corrected chi connectivity index (χ3v) is 8.96. The normalized spacial score (nSPS) is 11.9. The van der Waals surface area contributed by atoms with Gasteiger partial charge in [0, 0.05) is 24.4 Å². The lowest BCUT2D eigenvalue weighted by Crippen LogP contribution is -2.39. The number of thiazole rings is 1. The van der Waals surface area contributed by atoms with Gasteiger partial charge >= 0.3 is 0 Å². The molecule has 178 valence electrons. The number of amides is 1. The summed E-state index contributed by atoms with van der Waals surface area (Å²) in [5, 5.41) is 0.572. The van der Waals surface area contributed by atoms with Crippen LogP contribution in [0.1, 0.15) is 20.3 Å². The summed E-state index contributed by atoms with van der Waals surface area (Å²) in [6, 6.07) is 10.6. The number of para-hydroxylation sites is 1. The second-order valence-electron chi connectivity index (χ2n) is 7.40. The van der Waals surface area contributed by atoms with Gasteiger partial charge in [0.1, 0.15) is 5.82 Å². The summed E-state index contributed by atoms with van der Waals surface area (Å²) >= 11 is 3.03. The fraction of sp³-hybridized carbons (Fsp3) is 0.391. The van der Waals surface area contributed by atoms with Crippen LogP contribution in [0.4, 0.5) is 9.52 Å². The van der Waals surface area contributed by atoms with Crippen LogP contribution in [0.3, 0.4) is 0 Å². The molecule has 3 aromatic rings. The second kappa shape index (κ2) is 11.4. The van der Waals surface area contributed by atoms with Gasteiger partial charge in [-0.25, -0.2) is 17.8 Å². The Morgan fingerprint density at radius 2 is 1.79 bits per heavy atom. The number of rotatable bonds is 11. The Labute approximate surface area is 202 Å². The molecule has 6 nitrogen and oxygen atoms in total. The number of carbonyl (C=O) groups is 1. The summed E-state index contributed by atoms with van der Waals surface area (Å²) in [6.07, 6.45) is 1.81. The first-order valence-electron chi connectivity index (χ1n) is 10.7. The highest BCUT2D eigenvalue weighted by Crippen LogP contribution is 2.34. The lowest BCUT2D eigenvalue weighted by atomic mass is 10.3. The van der Waals surface area contributed by atoms with Gasteiger partial charge in [0.05, 0.1) is 20.9 Å². The zero-order valence-corrected chi connectivity index (χ0v) is 21.4. The maximum atomic E-state index is 13.2. The maximum Gasteiger partial charge on any atom is 0.229 e. The van der Waals surface area contributed by atoms with E-state index in [0.29, 0.717) is 18.2 Å². The Kier molecular flexibility index (Phi) is 8.86. The van der Waals surface area contributed by atoms with Gasteiger partial charge in [-0.2, -0.15) is 0 Å². The minimum absolute atomic E-state index is 0.0102. The van der Waals surface area contributed by atoms with Crippen LogP contribution in [0.15, 0.2) is 52.3 Å². The number of hydrogen-bond donors (Lipinski definition) is 0. The number of likely N-dealkylation sites (N-methyl/N-ethyl adjacent to an activating group) is 1. The van der Waals surface area contributed by atoms with Gasteiger partial charge < -0.3 is 4.90 Å². The molecule has 33 heavy (non-hydrogen) atoms. The van der Waals surface area contributed by atoms with Gasteiger partial charge in [-0.15, -0.1) is 11.8 Å². The molecule has 0 aliphatic rings. The summed E-state index contributed by atoms with van der Waals surface area (Å²) in [5.41, 5.74) is 0.851. The Bertz CT molecular complexity index is 1190. The number of thioether (sulfide) groups is 1. The molecule has 0 fully saturated rings. The lowest BCUT2D eigenvalue weighted by Gasteiger charge is -2.24. The van der Waals surface area contributed by atoms with E-state index >= 15 is 0 Å². The first-order chi connectivity index (χ1) is 15.8. The van der Waals surface area contributed by atoms with E-state index in [2.05, 4.69) is 18.7 Å². The zero-order chi connectivity index (χ0) is 24.0. The minimum atomic E-state index is -3.71. The Balaban J connectivity index is 1.84. The van der Waals surface area contributed by atoms with E-state index in [0.717, 1.165) is 40.3 Å². The average molecular weight is 510 g/mol. The fourth-order valence-electron chi connectivity index (χ4n) is 3.42. The molecule has 0 radical (unpaired) electrons. The van der Waals surface area contributed by atoms with E-state index in [-0.39, 0.29) is 23.0 Å². The fourth-order valence-corrected chi connectivity index (χ4v) is 6.31. The molecule has 0 aliphatic carbocycles. The number of halogens is 1. The van der Waals surface area contributed by atoms with Crippen molar-refractivity contribution in [2.24, 2.45) is 0 Å². The predicted molar refractivity (Wildman–Crippen MR) is 135 cm³/mol. The van der Waals surface area contributed by atoms with Gasteiger partial charge in [0.2, 0.25) is 5.91 Å². The maximum absolute atomic E-state index is 13.2. The predicted octanol–water partition coefficient (Wildman–Crippen LogP) is 4.70. The molecule has 0 N–H and O–H groups in total. The van der Waals surface area contributed by atoms with Crippen LogP contribution in [0.25, 0.3) is 10.2 Å². The van der Waals surface area contributed by atoms with Crippen LogP contribution in [0, 0.1) is 5.82 Å². The first-order valence-corrected chi connectivity index (χ1v) is 14.4. The second-order valence-corrected chi connectivity index (χ2v) is 11.4. The van der Waals surface area contributed by atoms with E-state index in [4.69, 9.17) is 4.98 Å². The number of aromatic nitrogens is 1. The molecule has 10 heteroatoms. The molecule has 0 bridgehead atoms. The molecule has 0 saturated carbocycles. The highest BCUT2D eigenvalue weighted by atomic mass is 32.2. The third-order valence-electron chi connectivity index (χ3n) is 5.41. The van der Waals surface area contributed by atoms with Gasteiger partial charge in [-0.3, -0.25) is 9.69 Å². The number of carbonyl (C=O) groups excluding carboxylic acids is 1. The molecule has 1 amide bonds. The smallest absolute Gasteiger partial charge is 0.229 e. The van der Waals surface area contributed by atoms with E-state index in [1.165, 1.54) is 23.5 Å². The number of anilines is 1. The topological polar surface area (TPSA) is 70.6 Å². The molecule has 1 heterocycles. The van der Waals surface area contributed by atoms with Crippen LogP contribution in [0.2, 0.25) is 0 Å². The molecular formula is C23H28FN3O3S3. The van der Waals surface area contributed by atoms with Crippen LogP contribution in [-0.2, 0) is 14.6 Å². The summed E-state index contributed by atoms with van der Waals surface area (Å²) in [7, 11) is -3.71. The van der Waals surface area contributed by atoms with E-state index in [9.17, 15) is 17.6 Å². The number of benzene rings is 2. The van der Waals surface area contributed by atoms with Crippen LogP contribution < -0.4 is 4.90 Å². The number of nitrogens with zero attached hydrogens (tertiary/aromatic N) is 3. The van der Waals surface area contributed by atoms with Crippen molar-refractivity contribution in [3.8, 4) is 0 Å². The van der Waals surface area contributed by atoms with Crippen molar-refractivity contribution in [1.29, 1.82) is 0 Å². The summed E-state index contributed by atoms with van der Waals surface area (Å²) in [4.78, 5) is 22.8. The number of fused-ring (bicyclic) bond motifs is 1. The molecule has 3 rings (SSSR count). The summed E-state index contributed by atoms with van der Waals surface area (Å²) in [5.74, 6) is -1.15. The van der Waals surface area contributed by atoms with E-state index < -0.39 is 15.7 Å². The zero-order valence-electron chi connectivity index (χ0n) is 19.0. The van der Waals surface area contributed by atoms with Gasteiger partial charge in [0.25, 0.3) is 0 Å². The minimum Gasteiger partial charge on any atom is -0.302 e. The molecule has 2 aromatic carbocycles. The summed E-state index contributed by atoms with van der Waals surface area (Å²) < 4.78 is 39.5. The molecule has 0 unspecified atom stereocenters. The quantitative estimate of drug-likeness (QED) is 0.276. The molecule has 0 atom stereocenters. The van der Waals surface area contributed by atoms with Crippen molar-refractivity contribution < 1.29 is 17.6 Å². The monoisotopic (exact) mass is 509 g/mol. The van der Waals surface area contributed by atoms with E-state index in [1.807, 2.05) is 24.5 Å². The van der Waals surface area contributed by atoms with E-state index in [1.54, 1.807) is 16.7 Å². The van der Waals surface area contributed by atoms with Crippen molar-refractivity contribution in [1.82, 2.24) is 9.88 Å². The van der Waals surface area contributed by atoms with Crippen molar-refractivity contribution in [2.75, 3.05) is 43.1 Å². The Hall–Kier alpha value is -2.01. The molecule has 0 spiro atoms. The molecule has 0 saturated heterocycles. The van der Waals surface area contributed by atoms with Crippen molar-refractivity contribution >= 4 is 54.2 Å². The Morgan fingerprint density at radius 1 is 1.09 bits per heavy atom. The van der Waals surface area contributed by atoms with Crippen molar-refractivity contribution in [2.45, 2.75) is 30.1 Å². The number of sulfone groups is 1. The third kappa shape index (κ3) is 6.32. The largest absolute Gasteiger partial charge is 0.302 e. The van der Waals surface area contributed by atoms with Crippen LogP contribution >= 0.6 is 23.1 Å². The van der Waals surface area contributed by atoms with Gasteiger partial charge in [0.15, 0.2) is 15.0 Å². The molecule has 1 aromatic heterocycles. The first kappa shape index (κ1) is 25.6. The average Bonchev–Trinajstić information content (AvgIpc) is 3.24. The number of hydrogen-bond acceptors (Lipinski definition) is 7. The van der Waals surface area contributed by atoms with Crippen molar-refractivity contribution in [3.05, 3.63) is 48.3 Å². The van der Waals surface area contributed by atoms with Gasteiger partial charge in [-0.05, 0) is 55.7 Å². The standard InChI is InChI=1S/C23H28FN3O3S3/c1-4-26(5-2)14-15-27(23-25-22-19(31-3)7-6-8-20(22)32-23)21(28)13-16-33(29,30)18-11-9-17(24)10-12-18/h6-12H,4-5,13-16H2,1-3H3. The molecular weight excluding hydrogens is 481 g/mol. The lowest BCUT2D eigenvalue weighted by molar-refractivity contribution is -0.118. The van der Waals surface area contributed by atoms with Crippen LogP contribution in [-0.4, -0.2) is 62.4 Å².